The fraction of sp³-hybridized carbons (Fsp3) is 0.524. The van der Waals surface area contributed by atoms with Gasteiger partial charge >= 0.3 is 0 Å². The molecule has 148 valence electrons. The lowest BCUT2D eigenvalue weighted by atomic mass is 9.97. The van der Waals surface area contributed by atoms with Gasteiger partial charge < -0.3 is 14.5 Å². The maximum absolute atomic E-state index is 5.60. The van der Waals surface area contributed by atoms with Gasteiger partial charge in [-0.2, -0.15) is 0 Å². The summed E-state index contributed by atoms with van der Waals surface area (Å²) >= 11 is 1.86. The summed E-state index contributed by atoms with van der Waals surface area (Å²) in [5, 5.41) is 4.85. The van der Waals surface area contributed by atoms with Crippen LogP contribution in [0.1, 0.15) is 47.8 Å². The van der Waals surface area contributed by atoms with Gasteiger partial charge in [-0.15, -0.1) is 11.3 Å². The SMILES string of the molecule is CC(Nc1nc(CN2CCOCC2)nc2sc3c(c12)CCCC3)c1ccco1. The standard InChI is InChI=1S/C21H26N4O2S/c1-14(16-6-4-10-27-16)22-20-19-15-5-2-3-7-17(15)28-21(19)24-18(23-20)13-25-8-11-26-12-9-25/h4,6,10,14H,2-3,5,7-9,11-13H2,1H3,(H,22,23,24). The summed E-state index contributed by atoms with van der Waals surface area (Å²) < 4.78 is 11.1. The zero-order chi connectivity index (χ0) is 18.9. The predicted octanol–water partition coefficient (Wildman–Crippen LogP) is 4.17. The zero-order valence-electron chi connectivity index (χ0n) is 16.2. The van der Waals surface area contributed by atoms with E-state index in [1.54, 1.807) is 6.26 Å². The minimum atomic E-state index is 0.0588. The first kappa shape index (κ1) is 18.1. The van der Waals surface area contributed by atoms with Crippen LogP contribution in [-0.4, -0.2) is 41.2 Å². The number of nitrogens with one attached hydrogen (secondary N) is 1. The maximum Gasteiger partial charge on any atom is 0.146 e. The van der Waals surface area contributed by atoms with Crippen molar-refractivity contribution in [2.24, 2.45) is 0 Å². The molecule has 0 spiro atoms. The molecule has 6 nitrogen and oxygen atoms in total. The molecule has 0 aromatic carbocycles. The van der Waals surface area contributed by atoms with Crippen LogP contribution >= 0.6 is 11.3 Å². The van der Waals surface area contributed by atoms with Crippen molar-refractivity contribution in [3.05, 3.63) is 40.4 Å². The first-order chi connectivity index (χ1) is 13.8. The third-order valence-electron chi connectivity index (χ3n) is 5.65. The van der Waals surface area contributed by atoms with E-state index in [2.05, 4.69) is 17.1 Å². The normalized spacial score (nSPS) is 18.9. The fourth-order valence-corrected chi connectivity index (χ4v) is 5.43. The molecule has 1 N–H and O–H groups in total. The molecule has 1 saturated heterocycles. The molecule has 1 atom stereocenters. The molecule has 1 unspecified atom stereocenters. The molecule has 1 aliphatic heterocycles. The smallest absolute Gasteiger partial charge is 0.146 e. The number of aryl methyl sites for hydroxylation is 2. The molecule has 0 amide bonds. The molecule has 3 aromatic heterocycles. The van der Waals surface area contributed by atoms with Gasteiger partial charge in [0.1, 0.15) is 22.2 Å². The van der Waals surface area contributed by atoms with Crippen LogP contribution in [0, 0.1) is 0 Å². The third-order valence-corrected chi connectivity index (χ3v) is 6.84. The first-order valence-corrected chi connectivity index (χ1v) is 11.0. The highest BCUT2D eigenvalue weighted by Crippen LogP contribution is 2.39. The van der Waals surface area contributed by atoms with Crippen molar-refractivity contribution in [1.82, 2.24) is 14.9 Å². The van der Waals surface area contributed by atoms with Crippen LogP contribution < -0.4 is 5.32 Å². The van der Waals surface area contributed by atoms with Gasteiger partial charge in [0.05, 0.1) is 37.4 Å². The summed E-state index contributed by atoms with van der Waals surface area (Å²) in [6.07, 6.45) is 6.55. The fourth-order valence-electron chi connectivity index (χ4n) is 4.15. The van der Waals surface area contributed by atoms with E-state index in [1.807, 2.05) is 23.5 Å². The van der Waals surface area contributed by atoms with Gasteiger partial charge in [-0.05, 0) is 50.3 Å². The zero-order valence-corrected chi connectivity index (χ0v) is 17.1. The van der Waals surface area contributed by atoms with Crippen LogP contribution in [0.5, 0.6) is 0 Å². The van der Waals surface area contributed by atoms with E-state index < -0.39 is 0 Å². The number of hydrogen-bond donors (Lipinski definition) is 1. The van der Waals surface area contributed by atoms with Crippen LogP contribution in [0.25, 0.3) is 10.2 Å². The molecular formula is C21H26N4O2S. The average molecular weight is 399 g/mol. The van der Waals surface area contributed by atoms with Gasteiger partial charge in [-0.3, -0.25) is 4.90 Å². The van der Waals surface area contributed by atoms with Crippen LogP contribution in [0.15, 0.2) is 22.8 Å². The molecule has 0 saturated carbocycles. The van der Waals surface area contributed by atoms with E-state index in [0.717, 1.165) is 61.5 Å². The van der Waals surface area contributed by atoms with E-state index in [0.29, 0.717) is 0 Å². The Morgan fingerprint density at radius 3 is 2.89 bits per heavy atom. The van der Waals surface area contributed by atoms with E-state index in [1.165, 1.54) is 35.1 Å². The summed E-state index contributed by atoms with van der Waals surface area (Å²) in [5.74, 6) is 2.77. The Labute approximate surface area is 168 Å². The first-order valence-electron chi connectivity index (χ1n) is 10.2. The van der Waals surface area contributed by atoms with Crippen molar-refractivity contribution in [2.45, 2.75) is 45.2 Å². The third kappa shape index (κ3) is 3.54. The van der Waals surface area contributed by atoms with Gasteiger partial charge in [0.2, 0.25) is 0 Å². The molecule has 1 aliphatic carbocycles. The Bertz CT molecular complexity index is 947. The van der Waals surface area contributed by atoms with Crippen molar-refractivity contribution in [2.75, 3.05) is 31.6 Å². The minimum absolute atomic E-state index is 0.0588. The Balaban J connectivity index is 1.52. The van der Waals surface area contributed by atoms with Crippen molar-refractivity contribution >= 4 is 27.4 Å². The summed E-state index contributed by atoms with van der Waals surface area (Å²) in [5.41, 5.74) is 1.46. The molecule has 7 heteroatoms. The predicted molar refractivity (Wildman–Crippen MR) is 111 cm³/mol. The minimum Gasteiger partial charge on any atom is -0.467 e. The molecule has 5 rings (SSSR count). The number of morpholine rings is 1. The van der Waals surface area contributed by atoms with Crippen LogP contribution in [0.2, 0.25) is 0 Å². The second-order valence-electron chi connectivity index (χ2n) is 7.65. The summed E-state index contributed by atoms with van der Waals surface area (Å²) in [6, 6.07) is 4.00. The van der Waals surface area contributed by atoms with Gasteiger partial charge in [0.25, 0.3) is 0 Å². The van der Waals surface area contributed by atoms with E-state index in [-0.39, 0.29) is 6.04 Å². The molecule has 28 heavy (non-hydrogen) atoms. The summed E-state index contributed by atoms with van der Waals surface area (Å²) in [7, 11) is 0. The average Bonchev–Trinajstić information content (AvgIpc) is 3.36. The topological polar surface area (TPSA) is 63.4 Å². The van der Waals surface area contributed by atoms with Crippen LogP contribution in [0.4, 0.5) is 5.82 Å². The van der Waals surface area contributed by atoms with Crippen molar-refractivity contribution in [3.8, 4) is 0 Å². The molecular weight excluding hydrogens is 372 g/mol. The van der Waals surface area contributed by atoms with Crippen LogP contribution in [-0.2, 0) is 24.1 Å². The van der Waals surface area contributed by atoms with Gasteiger partial charge in [-0.25, -0.2) is 9.97 Å². The lowest BCUT2D eigenvalue weighted by molar-refractivity contribution is 0.0331. The molecule has 0 radical (unpaired) electrons. The van der Waals surface area contributed by atoms with E-state index >= 15 is 0 Å². The highest BCUT2D eigenvalue weighted by Gasteiger charge is 2.23. The van der Waals surface area contributed by atoms with Crippen molar-refractivity contribution < 1.29 is 9.15 Å². The quantitative estimate of drug-likeness (QED) is 0.696. The number of rotatable bonds is 5. The van der Waals surface area contributed by atoms with E-state index in [4.69, 9.17) is 19.1 Å². The number of nitrogens with zero attached hydrogens (tertiary/aromatic N) is 3. The van der Waals surface area contributed by atoms with Gasteiger partial charge in [0, 0.05) is 18.0 Å². The Hall–Kier alpha value is -1.96. The van der Waals surface area contributed by atoms with Crippen molar-refractivity contribution in [1.29, 1.82) is 0 Å². The van der Waals surface area contributed by atoms with E-state index in [9.17, 15) is 0 Å². The number of hydrogen-bond acceptors (Lipinski definition) is 7. The number of thiophene rings is 1. The maximum atomic E-state index is 5.60. The lowest BCUT2D eigenvalue weighted by Gasteiger charge is -2.26. The number of fused-ring (bicyclic) bond motifs is 3. The van der Waals surface area contributed by atoms with Crippen molar-refractivity contribution in [3.63, 3.8) is 0 Å². The molecule has 2 aliphatic rings. The second-order valence-corrected chi connectivity index (χ2v) is 8.73. The highest BCUT2D eigenvalue weighted by molar-refractivity contribution is 7.19. The number of furan rings is 1. The van der Waals surface area contributed by atoms with Gasteiger partial charge in [-0.1, -0.05) is 0 Å². The molecule has 4 heterocycles. The second kappa shape index (κ2) is 7.81. The number of anilines is 1. The Morgan fingerprint density at radius 1 is 1.21 bits per heavy atom. The monoisotopic (exact) mass is 398 g/mol. The molecule has 0 bridgehead atoms. The Kier molecular flexibility index (Phi) is 5.05. The van der Waals surface area contributed by atoms with Gasteiger partial charge in [0.15, 0.2) is 0 Å². The van der Waals surface area contributed by atoms with Crippen LogP contribution in [0.3, 0.4) is 0 Å². The highest BCUT2D eigenvalue weighted by atomic mass is 32.1. The number of aromatic nitrogens is 2. The molecule has 1 fully saturated rings. The largest absolute Gasteiger partial charge is 0.467 e. The lowest BCUT2D eigenvalue weighted by Crippen LogP contribution is -2.36. The Morgan fingerprint density at radius 2 is 2.07 bits per heavy atom. The molecule has 3 aromatic rings. The summed E-state index contributed by atoms with van der Waals surface area (Å²) in [4.78, 5) is 14.9. The number of ether oxygens (including phenoxy) is 1. The summed E-state index contributed by atoms with van der Waals surface area (Å²) in [6.45, 7) is 6.34.